The minimum Gasteiger partial charge on any atom is -0.498 e. The molecular formula is C7H9F3O2. The summed E-state index contributed by atoms with van der Waals surface area (Å²) in [6.07, 6.45) is -4.37. The molecule has 0 fully saturated rings. The Morgan fingerprint density at radius 3 is 2.33 bits per heavy atom. The van der Waals surface area contributed by atoms with Crippen LogP contribution in [0.3, 0.4) is 0 Å². The SMILES string of the molecule is CCO/C(C)=C/C(=O)C(F)(F)F. The van der Waals surface area contributed by atoms with Gasteiger partial charge in [-0.25, -0.2) is 0 Å². The summed E-state index contributed by atoms with van der Waals surface area (Å²) < 4.78 is 39.4. The Bertz CT molecular complexity index is 193. The standard InChI is InChI=1S/C7H9F3O2/c1-3-12-5(2)4-6(11)7(8,9)10/h4H,3H2,1-2H3/b5-4+. The first-order valence-corrected chi connectivity index (χ1v) is 3.30. The van der Waals surface area contributed by atoms with Gasteiger partial charge in [0.15, 0.2) is 0 Å². The van der Waals surface area contributed by atoms with Crippen molar-refractivity contribution >= 4 is 5.78 Å². The first-order valence-electron chi connectivity index (χ1n) is 3.30. The summed E-state index contributed by atoms with van der Waals surface area (Å²) >= 11 is 0. The molecule has 0 amide bonds. The summed E-state index contributed by atoms with van der Waals surface area (Å²) in [4.78, 5) is 10.3. The Morgan fingerprint density at radius 1 is 1.50 bits per heavy atom. The van der Waals surface area contributed by atoms with Crippen molar-refractivity contribution in [2.24, 2.45) is 0 Å². The van der Waals surface area contributed by atoms with Crippen LogP contribution in [0, 0.1) is 0 Å². The third-order valence-corrected chi connectivity index (χ3v) is 0.986. The van der Waals surface area contributed by atoms with Gasteiger partial charge < -0.3 is 4.74 Å². The first-order chi connectivity index (χ1) is 5.38. The van der Waals surface area contributed by atoms with E-state index < -0.39 is 12.0 Å². The number of rotatable bonds is 3. The molecule has 0 aromatic heterocycles. The molecule has 0 atom stereocenters. The van der Waals surface area contributed by atoms with Gasteiger partial charge in [0.05, 0.1) is 12.4 Å². The van der Waals surface area contributed by atoms with E-state index in [-0.39, 0.29) is 12.4 Å². The highest BCUT2D eigenvalue weighted by molar-refractivity contribution is 5.94. The number of hydrogen-bond acceptors (Lipinski definition) is 2. The van der Waals surface area contributed by atoms with Crippen molar-refractivity contribution in [1.82, 2.24) is 0 Å². The molecule has 5 heteroatoms. The van der Waals surface area contributed by atoms with Crippen molar-refractivity contribution in [2.45, 2.75) is 20.0 Å². The van der Waals surface area contributed by atoms with Gasteiger partial charge in [-0.1, -0.05) is 0 Å². The van der Waals surface area contributed by atoms with E-state index in [1.807, 2.05) is 0 Å². The van der Waals surface area contributed by atoms with Crippen LogP contribution in [0.5, 0.6) is 0 Å². The molecule has 0 aliphatic heterocycles. The number of ether oxygens (including phenoxy) is 1. The largest absolute Gasteiger partial charge is 0.498 e. The highest BCUT2D eigenvalue weighted by Crippen LogP contribution is 2.17. The molecule has 0 aromatic rings. The number of ketones is 1. The number of halogens is 3. The quantitative estimate of drug-likeness (QED) is 0.493. The van der Waals surface area contributed by atoms with Crippen LogP contribution in [0.1, 0.15) is 13.8 Å². The van der Waals surface area contributed by atoms with E-state index in [0.717, 1.165) is 0 Å². The van der Waals surface area contributed by atoms with Gasteiger partial charge >= 0.3 is 6.18 Å². The van der Waals surface area contributed by atoms with Crippen LogP contribution in [-0.2, 0) is 9.53 Å². The number of allylic oxidation sites excluding steroid dienone is 2. The molecule has 0 saturated carbocycles. The number of carbonyl (C=O) groups is 1. The van der Waals surface area contributed by atoms with E-state index in [1.165, 1.54) is 6.92 Å². The van der Waals surface area contributed by atoms with Gasteiger partial charge in [-0.2, -0.15) is 13.2 Å². The lowest BCUT2D eigenvalue weighted by atomic mass is 10.3. The van der Waals surface area contributed by atoms with E-state index in [1.54, 1.807) is 6.92 Å². The predicted molar refractivity (Wildman–Crippen MR) is 36.4 cm³/mol. The second-order valence-corrected chi connectivity index (χ2v) is 2.05. The molecular weight excluding hydrogens is 173 g/mol. The monoisotopic (exact) mass is 182 g/mol. The Morgan fingerprint density at radius 2 is 2.00 bits per heavy atom. The van der Waals surface area contributed by atoms with Crippen LogP contribution in [0.4, 0.5) is 13.2 Å². The van der Waals surface area contributed by atoms with Crippen molar-refractivity contribution in [3.63, 3.8) is 0 Å². The molecule has 0 bridgehead atoms. The Labute approximate surface area is 68.0 Å². The summed E-state index contributed by atoms with van der Waals surface area (Å²) in [6, 6.07) is 0. The van der Waals surface area contributed by atoms with Crippen LogP contribution >= 0.6 is 0 Å². The fourth-order valence-electron chi connectivity index (χ4n) is 0.536. The van der Waals surface area contributed by atoms with Gasteiger partial charge in [-0.15, -0.1) is 0 Å². The van der Waals surface area contributed by atoms with Crippen molar-refractivity contribution in [3.8, 4) is 0 Å². The van der Waals surface area contributed by atoms with Gasteiger partial charge in [0.25, 0.3) is 5.78 Å². The lowest BCUT2D eigenvalue weighted by molar-refractivity contribution is -0.165. The zero-order valence-corrected chi connectivity index (χ0v) is 6.73. The molecule has 0 saturated heterocycles. The summed E-state index contributed by atoms with van der Waals surface area (Å²) in [7, 11) is 0. The van der Waals surface area contributed by atoms with Crippen molar-refractivity contribution in [3.05, 3.63) is 11.8 Å². The lowest BCUT2D eigenvalue weighted by Gasteiger charge is -2.03. The summed E-state index contributed by atoms with van der Waals surface area (Å²) in [5.74, 6) is -1.92. The van der Waals surface area contributed by atoms with Crippen LogP contribution in [-0.4, -0.2) is 18.6 Å². The topological polar surface area (TPSA) is 26.3 Å². The van der Waals surface area contributed by atoms with Crippen molar-refractivity contribution < 1.29 is 22.7 Å². The zero-order chi connectivity index (χ0) is 9.78. The van der Waals surface area contributed by atoms with Gasteiger partial charge in [0.2, 0.25) is 0 Å². The highest BCUT2D eigenvalue weighted by Gasteiger charge is 2.36. The Kier molecular flexibility index (Phi) is 3.79. The second kappa shape index (κ2) is 4.13. The minimum atomic E-state index is -4.81. The van der Waals surface area contributed by atoms with E-state index in [9.17, 15) is 18.0 Å². The summed E-state index contributed by atoms with van der Waals surface area (Å²) in [6.45, 7) is 3.16. The Hall–Kier alpha value is -1.00. The van der Waals surface area contributed by atoms with Crippen LogP contribution in [0.15, 0.2) is 11.8 Å². The van der Waals surface area contributed by atoms with E-state index >= 15 is 0 Å². The van der Waals surface area contributed by atoms with Crippen LogP contribution < -0.4 is 0 Å². The van der Waals surface area contributed by atoms with Crippen molar-refractivity contribution in [1.29, 1.82) is 0 Å². The van der Waals surface area contributed by atoms with Crippen LogP contribution in [0.25, 0.3) is 0 Å². The van der Waals surface area contributed by atoms with E-state index in [2.05, 4.69) is 4.74 Å². The van der Waals surface area contributed by atoms with E-state index in [0.29, 0.717) is 6.08 Å². The Balaban J connectivity index is 4.24. The van der Waals surface area contributed by atoms with Gasteiger partial charge in [0, 0.05) is 6.08 Å². The smallest absolute Gasteiger partial charge is 0.454 e. The van der Waals surface area contributed by atoms with Crippen LogP contribution in [0.2, 0.25) is 0 Å². The third kappa shape index (κ3) is 4.00. The molecule has 0 rings (SSSR count). The van der Waals surface area contributed by atoms with E-state index in [4.69, 9.17) is 0 Å². The maximum Gasteiger partial charge on any atom is 0.454 e. The van der Waals surface area contributed by atoms with Crippen molar-refractivity contribution in [2.75, 3.05) is 6.61 Å². The fourth-order valence-corrected chi connectivity index (χ4v) is 0.536. The van der Waals surface area contributed by atoms with Gasteiger partial charge in [-0.05, 0) is 13.8 Å². The van der Waals surface area contributed by atoms with Gasteiger partial charge in [-0.3, -0.25) is 4.79 Å². The highest BCUT2D eigenvalue weighted by atomic mass is 19.4. The maximum atomic E-state index is 11.6. The number of hydrogen-bond donors (Lipinski definition) is 0. The average molecular weight is 182 g/mol. The molecule has 0 aromatic carbocycles. The molecule has 0 spiro atoms. The molecule has 70 valence electrons. The number of alkyl halides is 3. The molecule has 0 aliphatic rings. The maximum absolute atomic E-state index is 11.6. The molecule has 0 radical (unpaired) electrons. The fraction of sp³-hybridized carbons (Fsp3) is 0.571. The third-order valence-electron chi connectivity index (χ3n) is 0.986. The average Bonchev–Trinajstić information content (AvgIpc) is 1.85. The molecule has 12 heavy (non-hydrogen) atoms. The number of carbonyl (C=O) groups excluding carboxylic acids is 1. The zero-order valence-electron chi connectivity index (χ0n) is 6.73. The lowest BCUT2D eigenvalue weighted by Crippen LogP contribution is -2.20. The van der Waals surface area contributed by atoms with Gasteiger partial charge in [0.1, 0.15) is 0 Å². The first kappa shape index (κ1) is 11.0. The second-order valence-electron chi connectivity index (χ2n) is 2.05. The molecule has 2 nitrogen and oxygen atoms in total. The molecule has 0 heterocycles. The normalized spacial score (nSPS) is 12.9. The molecule has 0 unspecified atom stereocenters. The molecule has 0 aliphatic carbocycles. The molecule has 0 N–H and O–H groups in total. The summed E-state index contributed by atoms with van der Waals surface area (Å²) in [5.41, 5.74) is 0. The predicted octanol–water partition coefficient (Wildman–Crippen LogP) is 2.06. The minimum absolute atomic E-state index is 0.0279. The summed E-state index contributed by atoms with van der Waals surface area (Å²) in [5, 5.41) is 0.